The Morgan fingerprint density at radius 2 is 1.84 bits per heavy atom. The molecule has 3 heterocycles. The minimum Gasteiger partial charge on any atom is -0.459 e. The number of aryl methyl sites for hydroxylation is 1. The molecular formula is C40H50N6O9S. The fourth-order valence-electron chi connectivity index (χ4n) is 8.88. The van der Waals surface area contributed by atoms with Crippen LogP contribution in [0.2, 0.25) is 0 Å². The Kier molecular flexibility index (Phi) is 9.77. The summed E-state index contributed by atoms with van der Waals surface area (Å²) < 4.78 is 41.6. The van der Waals surface area contributed by atoms with Crippen molar-refractivity contribution in [3.05, 3.63) is 58.9 Å². The Morgan fingerprint density at radius 3 is 2.55 bits per heavy atom. The molecule has 5 fully saturated rings. The third-order valence-electron chi connectivity index (χ3n) is 12.7. The number of sulfonamides is 1. The zero-order valence-corrected chi connectivity index (χ0v) is 32.6. The van der Waals surface area contributed by atoms with Crippen LogP contribution in [0.25, 0.3) is 10.9 Å². The highest BCUT2D eigenvalue weighted by molar-refractivity contribution is 7.91. The molecule has 56 heavy (non-hydrogen) atoms. The molecule has 300 valence electrons. The number of carbonyl (C=O) groups is 4. The monoisotopic (exact) mass is 790 g/mol. The molecule has 2 aromatic rings. The van der Waals surface area contributed by atoms with Crippen molar-refractivity contribution in [2.24, 2.45) is 17.8 Å². The molecule has 7 atom stereocenters. The molecule has 1 saturated heterocycles. The molecule has 6 aliphatic rings. The summed E-state index contributed by atoms with van der Waals surface area (Å²) >= 11 is 0. The van der Waals surface area contributed by atoms with E-state index >= 15 is 0 Å². The molecule has 8 rings (SSSR count). The second-order valence-corrected chi connectivity index (χ2v) is 18.8. The van der Waals surface area contributed by atoms with Crippen LogP contribution in [-0.2, 0) is 35.7 Å². The van der Waals surface area contributed by atoms with Gasteiger partial charge in [-0.3, -0.25) is 28.5 Å². The molecule has 3 N–H and O–H groups in total. The first-order chi connectivity index (χ1) is 26.7. The molecule has 4 aliphatic carbocycles. The maximum Gasteiger partial charge on any atom is 0.408 e. The van der Waals surface area contributed by atoms with Gasteiger partial charge in [0, 0.05) is 24.8 Å². The van der Waals surface area contributed by atoms with Gasteiger partial charge in [-0.15, -0.1) is 6.58 Å². The number of hydrogen-bond acceptors (Lipinski definition) is 10. The molecule has 0 spiro atoms. The van der Waals surface area contributed by atoms with Gasteiger partial charge in [-0.2, -0.15) is 4.98 Å². The molecule has 0 radical (unpaired) electrons. The van der Waals surface area contributed by atoms with Crippen molar-refractivity contribution in [2.75, 3.05) is 6.54 Å². The number of fused-ring (bicyclic) bond motifs is 5. The summed E-state index contributed by atoms with van der Waals surface area (Å²) in [5.41, 5.74) is -1.20. The third kappa shape index (κ3) is 7.32. The standard InChI is InChI=1S/C40H50N6O9S/c1-4-25-21-40(25,36(50)44-56(52,53)28-14-15-28)43-33(47)31-19-27-22-46(31)35(49)32(24-10-7-8-11-24)42-38(51)55-39(3)20-26(39)12-6-5-9-17-45-34(48)29-16-13-23(2)18-30(29)41-37(45)54-27/h4-5,9,13,16,18,24-28,31-32H,1,6-8,10-12,14-15,17,19-22H2,2-3H3,(H,42,51)(H,43,47)(H,44,50)/b9-5+/t25-,26?,27?,31?,32?,39?,40-/m1/s1. The lowest BCUT2D eigenvalue weighted by Crippen LogP contribution is -2.59. The topological polar surface area (TPSA) is 195 Å². The minimum absolute atomic E-state index is 0.0342. The maximum absolute atomic E-state index is 14.8. The van der Waals surface area contributed by atoms with Crippen molar-refractivity contribution >= 4 is 44.7 Å². The zero-order valence-electron chi connectivity index (χ0n) is 31.8. The van der Waals surface area contributed by atoms with Crippen LogP contribution in [0.15, 0.2) is 47.8 Å². The fraction of sp³-hybridized carbons (Fsp3) is 0.600. The van der Waals surface area contributed by atoms with E-state index in [2.05, 4.69) is 21.9 Å². The van der Waals surface area contributed by atoms with Gasteiger partial charge in [0.1, 0.15) is 29.3 Å². The van der Waals surface area contributed by atoms with E-state index in [0.717, 1.165) is 24.8 Å². The quantitative estimate of drug-likeness (QED) is 0.351. The number of ether oxygens (including phenoxy) is 2. The lowest BCUT2D eigenvalue weighted by molar-refractivity contribution is -0.142. The first-order valence-electron chi connectivity index (χ1n) is 19.8. The number of allylic oxidation sites excluding steroid dienone is 2. The van der Waals surface area contributed by atoms with Crippen LogP contribution in [0, 0.1) is 24.7 Å². The second kappa shape index (κ2) is 14.3. The molecule has 1 aromatic carbocycles. The normalized spacial score (nSPS) is 32.8. The Hall–Kier alpha value is -4.73. The van der Waals surface area contributed by atoms with E-state index in [1.165, 1.54) is 15.5 Å². The first-order valence-corrected chi connectivity index (χ1v) is 21.4. The van der Waals surface area contributed by atoms with Gasteiger partial charge in [-0.25, -0.2) is 13.2 Å². The van der Waals surface area contributed by atoms with E-state index < -0.39 is 74.3 Å². The summed E-state index contributed by atoms with van der Waals surface area (Å²) in [6.07, 6.45) is 10.1. The number of rotatable bonds is 7. The van der Waals surface area contributed by atoms with Crippen molar-refractivity contribution in [3.63, 3.8) is 0 Å². The lowest BCUT2D eigenvalue weighted by Gasteiger charge is -2.32. The summed E-state index contributed by atoms with van der Waals surface area (Å²) in [5.74, 6) is -2.64. The van der Waals surface area contributed by atoms with Gasteiger partial charge >= 0.3 is 6.09 Å². The Balaban J connectivity index is 1.15. The van der Waals surface area contributed by atoms with Gasteiger partial charge in [0.05, 0.1) is 22.7 Å². The van der Waals surface area contributed by atoms with Crippen LogP contribution in [-0.4, -0.2) is 87.8 Å². The predicted molar refractivity (Wildman–Crippen MR) is 205 cm³/mol. The van der Waals surface area contributed by atoms with Crippen LogP contribution in [0.1, 0.15) is 83.1 Å². The molecule has 15 nitrogen and oxygen atoms in total. The third-order valence-corrected chi connectivity index (χ3v) is 14.5. The van der Waals surface area contributed by atoms with Crippen molar-refractivity contribution in [1.29, 1.82) is 0 Å². The number of carbonyl (C=O) groups excluding carboxylic acids is 4. The van der Waals surface area contributed by atoms with E-state index in [-0.39, 0.29) is 49.3 Å². The molecular weight excluding hydrogens is 741 g/mol. The van der Waals surface area contributed by atoms with Gasteiger partial charge < -0.3 is 25.0 Å². The number of alkyl carbamates (subject to hydrolysis) is 1. The highest BCUT2D eigenvalue weighted by atomic mass is 32.2. The van der Waals surface area contributed by atoms with Crippen molar-refractivity contribution in [3.8, 4) is 6.01 Å². The van der Waals surface area contributed by atoms with Gasteiger partial charge in [0.25, 0.3) is 17.5 Å². The van der Waals surface area contributed by atoms with Crippen LogP contribution in [0.4, 0.5) is 4.79 Å². The van der Waals surface area contributed by atoms with Crippen LogP contribution >= 0.6 is 0 Å². The summed E-state index contributed by atoms with van der Waals surface area (Å²) in [6.45, 7) is 7.65. The highest BCUT2D eigenvalue weighted by Crippen LogP contribution is 2.50. The molecule has 4 amide bonds. The summed E-state index contributed by atoms with van der Waals surface area (Å²) in [7, 11) is -3.92. The molecule has 5 unspecified atom stereocenters. The van der Waals surface area contributed by atoms with E-state index in [1.807, 2.05) is 32.1 Å². The van der Waals surface area contributed by atoms with Crippen molar-refractivity contribution in [1.82, 2.24) is 29.8 Å². The minimum atomic E-state index is -3.92. The maximum atomic E-state index is 14.8. The molecule has 2 bridgehead atoms. The van der Waals surface area contributed by atoms with E-state index in [9.17, 15) is 32.4 Å². The van der Waals surface area contributed by atoms with Crippen molar-refractivity contribution in [2.45, 2.75) is 126 Å². The van der Waals surface area contributed by atoms with E-state index in [0.29, 0.717) is 49.4 Å². The Morgan fingerprint density at radius 1 is 1.07 bits per heavy atom. The average Bonchev–Trinajstić information content (AvgIpc) is 4.10. The smallest absolute Gasteiger partial charge is 0.408 e. The second-order valence-electron chi connectivity index (χ2n) is 16.8. The largest absolute Gasteiger partial charge is 0.459 e. The SMILES string of the molecule is C=C[C@@H]1C[C@]1(NC(=O)C1CC2CN1C(=O)C(C1CCCC1)NC(=O)OC1(C)CC1CC/C=C/Cn1c(nc3cc(C)ccc3c1=O)O2)C(=O)NS(=O)(=O)C1CC1. The number of hydrogen-bond donors (Lipinski definition) is 3. The van der Waals surface area contributed by atoms with E-state index in [4.69, 9.17) is 14.5 Å². The summed E-state index contributed by atoms with van der Waals surface area (Å²) in [4.78, 5) is 76.4. The van der Waals surface area contributed by atoms with E-state index in [1.54, 1.807) is 12.1 Å². The molecule has 1 aromatic heterocycles. The van der Waals surface area contributed by atoms with Crippen LogP contribution in [0.5, 0.6) is 6.01 Å². The molecule has 4 saturated carbocycles. The first kappa shape index (κ1) is 38.2. The van der Waals surface area contributed by atoms with Gasteiger partial charge in [-0.05, 0) is 88.8 Å². The fourth-order valence-corrected chi connectivity index (χ4v) is 10.2. The number of aromatic nitrogens is 2. The highest BCUT2D eigenvalue weighted by Gasteiger charge is 2.62. The van der Waals surface area contributed by atoms with Crippen LogP contribution in [0.3, 0.4) is 0 Å². The number of nitrogens with one attached hydrogen (secondary N) is 3. The number of benzene rings is 1. The van der Waals surface area contributed by atoms with Crippen molar-refractivity contribution < 1.29 is 37.1 Å². The predicted octanol–water partition coefficient (Wildman–Crippen LogP) is 3.14. The summed E-state index contributed by atoms with van der Waals surface area (Å²) in [5, 5.41) is 5.47. The lowest BCUT2D eigenvalue weighted by atomic mass is 9.96. The zero-order chi connectivity index (χ0) is 39.6. The Labute approximate surface area is 325 Å². The number of amides is 4. The summed E-state index contributed by atoms with van der Waals surface area (Å²) in [6, 6.07) is 3.24. The van der Waals surface area contributed by atoms with Gasteiger partial charge in [0.2, 0.25) is 21.8 Å². The number of nitrogens with zero attached hydrogens (tertiary/aromatic N) is 3. The molecule has 2 aliphatic heterocycles. The van der Waals surface area contributed by atoms with Gasteiger partial charge in [0.15, 0.2) is 0 Å². The average molecular weight is 791 g/mol. The van der Waals surface area contributed by atoms with Gasteiger partial charge in [-0.1, -0.05) is 37.1 Å². The van der Waals surface area contributed by atoms with Crippen LogP contribution < -0.4 is 25.7 Å². The Bertz CT molecular complexity index is 2180. The molecule has 16 heteroatoms.